The molecule has 3 heteroatoms. The van der Waals surface area contributed by atoms with Crippen LogP contribution in [0, 0.1) is 25.7 Å². The van der Waals surface area contributed by atoms with Gasteiger partial charge in [-0.05, 0) is 20.8 Å². The lowest BCUT2D eigenvalue weighted by atomic mass is 10.2. The second-order valence-electron chi connectivity index (χ2n) is 3.23. The van der Waals surface area contributed by atoms with Crippen LogP contribution in [0.4, 0.5) is 0 Å². The maximum Gasteiger partial charge on any atom is 0.0752 e. The summed E-state index contributed by atoms with van der Waals surface area (Å²) in [6.45, 7) is 5.83. The van der Waals surface area contributed by atoms with Gasteiger partial charge in [0, 0.05) is 7.05 Å². The van der Waals surface area contributed by atoms with Crippen molar-refractivity contribution in [3.8, 4) is 11.8 Å². The molecule has 0 saturated carbocycles. The summed E-state index contributed by atoms with van der Waals surface area (Å²) in [6.07, 6.45) is 0. The van der Waals surface area contributed by atoms with Crippen LogP contribution in [0.25, 0.3) is 0 Å². The molecule has 1 aromatic heterocycles. The monoisotopic (exact) mass is 177 g/mol. The molecule has 0 fully saturated rings. The number of nitrogens with two attached hydrogens (primary N) is 1. The Balaban J connectivity index is 3.10. The molecule has 1 heterocycles. The van der Waals surface area contributed by atoms with Crippen LogP contribution in [0.1, 0.15) is 23.9 Å². The van der Waals surface area contributed by atoms with Gasteiger partial charge in [-0.2, -0.15) is 5.10 Å². The maximum atomic E-state index is 5.55. The quantitative estimate of drug-likeness (QED) is 0.594. The van der Waals surface area contributed by atoms with Crippen molar-refractivity contribution in [2.75, 3.05) is 0 Å². The van der Waals surface area contributed by atoms with E-state index in [1.54, 1.807) is 0 Å². The molecule has 0 saturated heterocycles. The molecule has 3 nitrogen and oxygen atoms in total. The number of aromatic nitrogens is 2. The van der Waals surface area contributed by atoms with E-state index >= 15 is 0 Å². The fraction of sp³-hybridized carbons (Fsp3) is 0.500. The van der Waals surface area contributed by atoms with Gasteiger partial charge >= 0.3 is 0 Å². The molecule has 2 N–H and O–H groups in total. The predicted octanol–water partition coefficient (Wildman–Crippen LogP) is 0.736. The lowest BCUT2D eigenvalue weighted by Crippen LogP contribution is -2.11. The first kappa shape index (κ1) is 9.82. The van der Waals surface area contributed by atoms with Crippen molar-refractivity contribution in [1.29, 1.82) is 0 Å². The van der Waals surface area contributed by atoms with E-state index in [9.17, 15) is 0 Å². The minimum atomic E-state index is -0.0843. The minimum absolute atomic E-state index is 0.0843. The van der Waals surface area contributed by atoms with E-state index in [4.69, 9.17) is 5.73 Å². The van der Waals surface area contributed by atoms with Crippen molar-refractivity contribution in [2.45, 2.75) is 26.8 Å². The average Bonchev–Trinajstić information content (AvgIpc) is 2.24. The number of aryl methyl sites for hydroxylation is 2. The zero-order valence-corrected chi connectivity index (χ0v) is 8.55. The summed E-state index contributed by atoms with van der Waals surface area (Å²) < 4.78 is 1.83. The summed E-state index contributed by atoms with van der Waals surface area (Å²) in [5, 5.41) is 4.26. The second kappa shape index (κ2) is 3.63. The molecule has 0 radical (unpaired) electrons. The fourth-order valence-electron chi connectivity index (χ4n) is 1.14. The Morgan fingerprint density at radius 2 is 2.08 bits per heavy atom. The molecule has 0 spiro atoms. The van der Waals surface area contributed by atoms with Crippen molar-refractivity contribution >= 4 is 0 Å². The Labute approximate surface area is 78.9 Å². The van der Waals surface area contributed by atoms with Crippen LogP contribution in [0.15, 0.2) is 0 Å². The highest BCUT2D eigenvalue weighted by molar-refractivity contribution is 5.41. The van der Waals surface area contributed by atoms with Gasteiger partial charge in [0.25, 0.3) is 0 Å². The summed E-state index contributed by atoms with van der Waals surface area (Å²) in [5.41, 5.74) is 8.60. The Morgan fingerprint density at radius 3 is 2.46 bits per heavy atom. The van der Waals surface area contributed by atoms with Gasteiger partial charge < -0.3 is 5.73 Å². The minimum Gasteiger partial charge on any atom is -0.318 e. The third-order valence-electron chi connectivity index (χ3n) is 1.93. The molecule has 1 unspecified atom stereocenters. The highest BCUT2D eigenvalue weighted by atomic mass is 15.3. The summed E-state index contributed by atoms with van der Waals surface area (Å²) >= 11 is 0. The van der Waals surface area contributed by atoms with Crippen LogP contribution in [0.3, 0.4) is 0 Å². The topological polar surface area (TPSA) is 43.8 Å². The van der Waals surface area contributed by atoms with E-state index in [0.29, 0.717) is 0 Å². The molecule has 1 aromatic rings. The third kappa shape index (κ3) is 2.10. The number of rotatable bonds is 0. The van der Waals surface area contributed by atoms with Crippen molar-refractivity contribution in [3.63, 3.8) is 0 Å². The summed E-state index contributed by atoms with van der Waals surface area (Å²) in [6, 6.07) is -0.0843. The normalized spacial score (nSPS) is 12.1. The van der Waals surface area contributed by atoms with Crippen LogP contribution in [0.2, 0.25) is 0 Å². The first-order chi connectivity index (χ1) is 6.02. The van der Waals surface area contributed by atoms with Gasteiger partial charge in [-0.25, -0.2) is 0 Å². The second-order valence-corrected chi connectivity index (χ2v) is 3.23. The fourth-order valence-corrected chi connectivity index (χ4v) is 1.14. The molecular weight excluding hydrogens is 162 g/mol. The van der Waals surface area contributed by atoms with E-state index in [0.717, 1.165) is 17.0 Å². The van der Waals surface area contributed by atoms with Crippen LogP contribution in [-0.2, 0) is 7.05 Å². The molecule has 0 aliphatic carbocycles. The van der Waals surface area contributed by atoms with Gasteiger partial charge in [0.15, 0.2) is 0 Å². The van der Waals surface area contributed by atoms with Crippen LogP contribution >= 0.6 is 0 Å². The van der Waals surface area contributed by atoms with Crippen molar-refractivity contribution < 1.29 is 0 Å². The Bertz CT molecular complexity index is 364. The third-order valence-corrected chi connectivity index (χ3v) is 1.93. The SMILES string of the molecule is Cc1nn(C)c(C)c1C#CC(C)N. The highest BCUT2D eigenvalue weighted by Gasteiger charge is 2.05. The van der Waals surface area contributed by atoms with Crippen molar-refractivity contribution in [3.05, 3.63) is 17.0 Å². The molecule has 1 rings (SSSR count). The maximum absolute atomic E-state index is 5.55. The first-order valence-corrected chi connectivity index (χ1v) is 4.29. The van der Waals surface area contributed by atoms with Gasteiger partial charge in [0.05, 0.1) is 23.0 Å². The van der Waals surface area contributed by atoms with Crippen molar-refractivity contribution in [1.82, 2.24) is 9.78 Å². The van der Waals surface area contributed by atoms with E-state index < -0.39 is 0 Å². The molecule has 1 atom stereocenters. The van der Waals surface area contributed by atoms with Crippen LogP contribution in [0.5, 0.6) is 0 Å². The molecule has 13 heavy (non-hydrogen) atoms. The van der Waals surface area contributed by atoms with Gasteiger partial charge in [0.1, 0.15) is 0 Å². The Hall–Kier alpha value is -1.27. The summed E-state index contributed by atoms with van der Waals surface area (Å²) in [5.74, 6) is 5.97. The van der Waals surface area contributed by atoms with Gasteiger partial charge in [0.2, 0.25) is 0 Å². The van der Waals surface area contributed by atoms with E-state index in [2.05, 4.69) is 16.9 Å². The Morgan fingerprint density at radius 1 is 1.46 bits per heavy atom. The molecular formula is C10H15N3. The average molecular weight is 177 g/mol. The zero-order valence-electron chi connectivity index (χ0n) is 8.55. The molecule has 0 bridgehead atoms. The molecule has 0 aliphatic rings. The standard InChI is InChI=1S/C10H15N3/c1-7(11)5-6-10-8(2)12-13(4)9(10)3/h7H,11H2,1-4H3. The van der Waals surface area contributed by atoms with E-state index in [1.807, 2.05) is 32.5 Å². The van der Waals surface area contributed by atoms with Gasteiger partial charge in [-0.3, -0.25) is 4.68 Å². The molecule has 0 aliphatic heterocycles. The highest BCUT2D eigenvalue weighted by Crippen LogP contribution is 2.09. The Kier molecular flexibility index (Phi) is 2.74. The summed E-state index contributed by atoms with van der Waals surface area (Å²) in [4.78, 5) is 0. The molecule has 0 aromatic carbocycles. The lowest BCUT2D eigenvalue weighted by molar-refractivity contribution is 0.731. The van der Waals surface area contributed by atoms with Crippen LogP contribution < -0.4 is 5.73 Å². The summed E-state index contributed by atoms with van der Waals surface area (Å²) in [7, 11) is 1.92. The van der Waals surface area contributed by atoms with E-state index in [1.165, 1.54) is 0 Å². The predicted molar refractivity (Wildman–Crippen MR) is 53.2 cm³/mol. The number of nitrogens with zero attached hydrogens (tertiary/aromatic N) is 2. The largest absolute Gasteiger partial charge is 0.318 e. The molecule has 0 amide bonds. The number of hydrogen-bond donors (Lipinski definition) is 1. The van der Waals surface area contributed by atoms with E-state index in [-0.39, 0.29) is 6.04 Å². The zero-order chi connectivity index (χ0) is 10.0. The van der Waals surface area contributed by atoms with Crippen LogP contribution in [-0.4, -0.2) is 15.8 Å². The molecule has 70 valence electrons. The smallest absolute Gasteiger partial charge is 0.0752 e. The van der Waals surface area contributed by atoms with Gasteiger partial charge in [-0.15, -0.1) is 0 Å². The van der Waals surface area contributed by atoms with Crippen molar-refractivity contribution in [2.24, 2.45) is 12.8 Å². The number of hydrogen-bond acceptors (Lipinski definition) is 2. The first-order valence-electron chi connectivity index (χ1n) is 4.29. The van der Waals surface area contributed by atoms with Gasteiger partial charge in [-0.1, -0.05) is 11.8 Å². The lowest BCUT2D eigenvalue weighted by Gasteiger charge is -1.92.